The fourth-order valence-electron chi connectivity index (χ4n) is 1.83. The van der Waals surface area contributed by atoms with Crippen LogP contribution >= 0.6 is 11.6 Å². The van der Waals surface area contributed by atoms with E-state index in [4.69, 9.17) is 16.9 Å². The summed E-state index contributed by atoms with van der Waals surface area (Å²) >= 11 is 6.16. The summed E-state index contributed by atoms with van der Waals surface area (Å²) in [6.45, 7) is 4.34. The third kappa shape index (κ3) is 2.77. The third-order valence-electron chi connectivity index (χ3n) is 2.82. The largest absolute Gasteiger partial charge is 0.248 e. The molecule has 0 atom stereocenters. The minimum absolute atomic E-state index is 0.126. The van der Waals surface area contributed by atoms with E-state index in [2.05, 4.69) is 11.2 Å². The zero-order chi connectivity index (χ0) is 14.0. The van der Waals surface area contributed by atoms with Crippen molar-refractivity contribution in [2.45, 2.75) is 26.3 Å². The second-order valence-corrected chi connectivity index (χ2v) is 4.96. The molecule has 19 heavy (non-hydrogen) atoms. The van der Waals surface area contributed by atoms with Gasteiger partial charge < -0.3 is 0 Å². The first-order valence-corrected chi connectivity index (χ1v) is 6.31. The lowest BCUT2D eigenvalue weighted by atomic mass is 10.1. The van der Waals surface area contributed by atoms with Crippen molar-refractivity contribution < 1.29 is 4.39 Å². The van der Waals surface area contributed by atoms with Crippen LogP contribution in [0.4, 0.5) is 4.39 Å². The maximum Gasteiger partial charge on any atom is 0.145 e. The van der Waals surface area contributed by atoms with Crippen molar-refractivity contribution in [3.8, 4) is 6.07 Å². The van der Waals surface area contributed by atoms with Crippen molar-refractivity contribution in [3.05, 3.63) is 52.1 Å². The summed E-state index contributed by atoms with van der Waals surface area (Å²) < 4.78 is 14.4. The first-order chi connectivity index (χ1) is 9.02. The Labute approximate surface area is 116 Å². The van der Waals surface area contributed by atoms with Crippen molar-refractivity contribution >= 4 is 11.6 Å². The Morgan fingerprint density at radius 1 is 1.37 bits per heavy atom. The quantitative estimate of drug-likeness (QED) is 0.858. The number of nitriles is 1. The van der Waals surface area contributed by atoms with Crippen LogP contribution in [0.15, 0.2) is 24.3 Å². The second-order valence-electron chi connectivity index (χ2n) is 4.60. The first kappa shape index (κ1) is 13.6. The van der Waals surface area contributed by atoms with Crippen molar-refractivity contribution in [1.82, 2.24) is 9.78 Å². The van der Waals surface area contributed by atoms with Crippen LogP contribution in [0.1, 0.15) is 36.6 Å². The molecule has 0 amide bonds. The van der Waals surface area contributed by atoms with Gasteiger partial charge in [-0.2, -0.15) is 10.4 Å². The van der Waals surface area contributed by atoms with Crippen LogP contribution < -0.4 is 0 Å². The van der Waals surface area contributed by atoms with Gasteiger partial charge in [-0.3, -0.25) is 0 Å². The molecule has 0 aliphatic rings. The molecule has 2 rings (SSSR count). The normalized spacial score (nSPS) is 10.7. The molecular formula is C14H13ClFN3. The van der Waals surface area contributed by atoms with E-state index in [1.165, 1.54) is 12.1 Å². The molecule has 0 bridgehead atoms. The van der Waals surface area contributed by atoms with Crippen LogP contribution in [0.25, 0.3) is 0 Å². The molecule has 0 unspecified atom stereocenters. The third-order valence-corrected chi connectivity index (χ3v) is 3.21. The van der Waals surface area contributed by atoms with Gasteiger partial charge in [-0.25, -0.2) is 9.07 Å². The fourth-order valence-corrected chi connectivity index (χ4v) is 2.07. The second kappa shape index (κ2) is 5.41. The lowest BCUT2D eigenvalue weighted by Crippen LogP contribution is -2.03. The molecule has 0 radical (unpaired) electrons. The molecule has 0 saturated carbocycles. The Hall–Kier alpha value is -1.86. The SMILES string of the molecule is CC(C)c1nn(Cc2ccc(F)cc2)c(Cl)c1C#N. The Morgan fingerprint density at radius 3 is 2.47 bits per heavy atom. The van der Waals surface area contributed by atoms with Gasteiger partial charge in [-0.05, 0) is 23.6 Å². The van der Waals surface area contributed by atoms with Gasteiger partial charge in [0.2, 0.25) is 0 Å². The number of hydrogen-bond donors (Lipinski definition) is 0. The van der Waals surface area contributed by atoms with Gasteiger partial charge in [-0.15, -0.1) is 0 Å². The molecule has 0 fully saturated rings. The number of benzene rings is 1. The highest BCUT2D eigenvalue weighted by Crippen LogP contribution is 2.25. The highest BCUT2D eigenvalue weighted by Gasteiger charge is 2.18. The van der Waals surface area contributed by atoms with E-state index in [0.717, 1.165) is 5.56 Å². The van der Waals surface area contributed by atoms with Crippen molar-refractivity contribution in [1.29, 1.82) is 5.26 Å². The number of aromatic nitrogens is 2. The van der Waals surface area contributed by atoms with E-state index < -0.39 is 0 Å². The molecule has 98 valence electrons. The molecule has 1 aromatic heterocycles. The van der Waals surface area contributed by atoms with Crippen LogP contribution in [-0.4, -0.2) is 9.78 Å². The van der Waals surface area contributed by atoms with Gasteiger partial charge in [0.15, 0.2) is 0 Å². The van der Waals surface area contributed by atoms with Gasteiger partial charge in [0.25, 0.3) is 0 Å². The summed E-state index contributed by atoms with van der Waals surface area (Å²) in [5, 5.41) is 13.8. The molecule has 3 nitrogen and oxygen atoms in total. The van der Waals surface area contributed by atoms with E-state index in [1.54, 1.807) is 16.8 Å². The first-order valence-electron chi connectivity index (χ1n) is 5.93. The standard InChI is InChI=1S/C14H13ClFN3/c1-9(2)13-12(7-17)14(15)19(18-13)8-10-3-5-11(16)6-4-10/h3-6,9H,8H2,1-2H3. The highest BCUT2D eigenvalue weighted by atomic mass is 35.5. The molecule has 0 aliphatic heterocycles. The minimum Gasteiger partial charge on any atom is -0.248 e. The topological polar surface area (TPSA) is 41.6 Å². The van der Waals surface area contributed by atoms with E-state index in [0.29, 0.717) is 23.0 Å². The summed E-state index contributed by atoms with van der Waals surface area (Å²) in [5.41, 5.74) is 1.99. The van der Waals surface area contributed by atoms with Crippen LogP contribution in [0.5, 0.6) is 0 Å². The predicted octanol–water partition coefficient (Wildman–Crippen LogP) is 3.72. The number of nitrogens with zero attached hydrogens (tertiary/aromatic N) is 3. The average molecular weight is 278 g/mol. The van der Waals surface area contributed by atoms with Gasteiger partial charge in [0.05, 0.1) is 12.2 Å². The Balaban J connectivity index is 2.36. The Kier molecular flexibility index (Phi) is 3.87. The van der Waals surface area contributed by atoms with Gasteiger partial charge >= 0.3 is 0 Å². The van der Waals surface area contributed by atoms with E-state index in [1.807, 2.05) is 13.8 Å². The number of rotatable bonds is 3. The Bertz CT molecular complexity index is 623. The summed E-state index contributed by atoms with van der Waals surface area (Å²) in [4.78, 5) is 0. The van der Waals surface area contributed by atoms with E-state index in [9.17, 15) is 4.39 Å². The van der Waals surface area contributed by atoms with Gasteiger partial charge in [0, 0.05) is 0 Å². The number of hydrogen-bond acceptors (Lipinski definition) is 2. The van der Waals surface area contributed by atoms with Crippen molar-refractivity contribution in [3.63, 3.8) is 0 Å². The summed E-state index contributed by atoms with van der Waals surface area (Å²) in [7, 11) is 0. The van der Waals surface area contributed by atoms with Crippen LogP contribution in [-0.2, 0) is 6.54 Å². The van der Waals surface area contributed by atoms with Crippen LogP contribution in [0.3, 0.4) is 0 Å². The zero-order valence-corrected chi connectivity index (χ0v) is 11.4. The van der Waals surface area contributed by atoms with E-state index >= 15 is 0 Å². The molecule has 1 heterocycles. The molecule has 0 N–H and O–H groups in total. The molecule has 0 saturated heterocycles. The Morgan fingerprint density at radius 2 is 2.00 bits per heavy atom. The molecule has 0 aliphatic carbocycles. The molecular weight excluding hydrogens is 265 g/mol. The molecule has 5 heteroatoms. The van der Waals surface area contributed by atoms with Crippen molar-refractivity contribution in [2.75, 3.05) is 0 Å². The van der Waals surface area contributed by atoms with Crippen molar-refractivity contribution in [2.24, 2.45) is 0 Å². The van der Waals surface area contributed by atoms with Gasteiger partial charge in [-0.1, -0.05) is 37.6 Å². The summed E-state index contributed by atoms with van der Waals surface area (Å²) in [6, 6.07) is 8.22. The molecule has 1 aromatic carbocycles. The van der Waals surface area contributed by atoms with E-state index in [-0.39, 0.29) is 11.7 Å². The summed E-state index contributed by atoms with van der Waals surface area (Å²) in [5.74, 6) is -0.155. The average Bonchev–Trinajstić information content (AvgIpc) is 2.69. The lowest BCUT2D eigenvalue weighted by Gasteiger charge is -2.03. The van der Waals surface area contributed by atoms with Crippen LogP contribution in [0, 0.1) is 17.1 Å². The molecule has 0 spiro atoms. The maximum atomic E-state index is 12.8. The lowest BCUT2D eigenvalue weighted by molar-refractivity contribution is 0.623. The zero-order valence-electron chi connectivity index (χ0n) is 10.7. The monoisotopic (exact) mass is 277 g/mol. The molecule has 2 aromatic rings. The smallest absolute Gasteiger partial charge is 0.145 e. The summed E-state index contributed by atoms with van der Waals surface area (Å²) in [6.07, 6.45) is 0. The number of halogens is 2. The minimum atomic E-state index is -0.282. The maximum absolute atomic E-state index is 12.8. The predicted molar refractivity (Wildman–Crippen MR) is 71.5 cm³/mol. The highest BCUT2D eigenvalue weighted by molar-refractivity contribution is 6.30. The van der Waals surface area contributed by atoms with Crippen LogP contribution in [0.2, 0.25) is 5.15 Å². The van der Waals surface area contributed by atoms with Gasteiger partial charge in [0.1, 0.15) is 22.6 Å². The fraction of sp³-hybridized carbons (Fsp3) is 0.286.